The first-order chi connectivity index (χ1) is 12.7. The topological polar surface area (TPSA) is 55.4 Å². The molecule has 1 N–H and O–H groups in total. The number of hydrogen-bond donors (Lipinski definition) is 1. The van der Waals surface area contributed by atoms with Crippen LogP contribution in [0.1, 0.15) is 66.2 Å². The summed E-state index contributed by atoms with van der Waals surface area (Å²) >= 11 is 0. The molecule has 4 nitrogen and oxygen atoms in total. The summed E-state index contributed by atoms with van der Waals surface area (Å²) in [5.41, 5.74) is 0.259. The highest BCUT2D eigenvalue weighted by molar-refractivity contribution is 5.83. The maximum atomic E-state index is 12.7. The van der Waals surface area contributed by atoms with Gasteiger partial charge < -0.3 is 10.1 Å². The van der Waals surface area contributed by atoms with E-state index in [-0.39, 0.29) is 29.3 Å². The van der Waals surface area contributed by atoms with Crippen LogP contribution in [0.4, 0.5) is 0 Å². The third kappa shape index (κ3) is 3.13. The number of esters is 1. The molecule has 0 aromatic heterocycles. The molecular weight excluding hydrogens is 338 g/mol. The number of amides is 1. The summed E-state index contributed by atoms with van der Waals surface area (Å²) in [6.45, 7) is 9.78. The van der Waals surface area contributed by atoms with Gasteiger partial charge in [0, 0.05) is 24.0 Å². The van der Waals surface area contributed by atoms with E-state index < -0.39 is 0 Å². The first kappa shape index (κ1) is 19.0. The molecule has 3 fully saturated rings. The van der Waals surface area contributed by atoms with E-state index in [1.807, 2.05) is 0 Å². The summed E-state index contributed by atoms with van der Waals surface area (Å²) in [5, 5.41) is 3.17. The molecule has 0 aromatic carbocycles. The normalized spacial score (nSPS) is 45.7. The van der Waals surface area contributed by atoms with Crippen LogP contribution in [0.3, 0.4) is 0 Å². The van der Waals surface area contributed by atoms with Crippen molar-refractivity contribution in [2.45, 2.75) is 72.3 Å². The molecule has 4 aliphatic rings. The van der Waals surface area contributed by atoms with Gasteiger partial charge in [0.1, 0.15) is 6.10 Å². The molecule has 0 saturated heterocycles. The van der Waals surface area contributed by atoms with Gasteiger partial charge in [-0.1, -0.05) is 33.8 Å². The van der Waals surface area contributed by atoms with Crippen molar-refractivity contribution in [2.24, 2.45) is 40.4 Å². The molecule has 150 valence electrons. The standard InChI is InChI=1S/C23H35NO3/c1-14(2)13-24-21(26)15-11-18-16-5-6-19-23(4,10-8-20(25)27-19)17(16)7-9-22(18,3)12-15/h8,10,14-19H,5-7,9,11-13H2,1-4H3,(H,24,26)/t15-,16+,17-,18-,19+,22+,23+/m0/s1. The average molecular weight is 374 g/mol. The Hall–Kier alpha value is -1.32. The van der Waals surface area contributed by atoms with Gasteiger partial charge in [0.25, 0.3) is 0 Å². The van der Waals surface area contributed by atoms with Gasteiger partial charge in [-0.2, -0.15) is 0 Å². The Kier molecular flexibility index (Phi) is 4.67. The molecule has 1 amide bonds. The molecule has 1 aliphatic heterocycles. The fraction of sp³-hybridized carbons (Fsp3) is 0.826. The first-order valence-electron chi connectivity index (χ1n) is 10.9. The van der Waals surface area contributed by atoms with E-state index >= 15 is 0 Å². The third-order valence-electron chi connectivity index (χ3n) is 8.35. The quantitative estimate of drug-likeness (QED) is 0.758. The fourth-order valence-electron chi connectivity index (χ4n) is 6.91. The summed E-state index contributed by atoms with van der Waals surface area (Å²) in [5.74, 6) is 2.58. The Labute approximate surface area is 163 Å². The number of rotatable bonds is 3. The molecule has 4 rings (SSSR count). The predicted molar refractivity (Wildman–Crippen MR) is 105 cm³/mol. The highest BCUT2D eigenvalue weighted by atomic mass is 16.5. The van der Waals surface area contributed by atoms with E-state index in [0.29, 0.717) is 29.1 Å². The van der Waals surface area contributed by atoms with E-state index in [0.717, 1.165) is 32.2 Å². The second kappa shape index (κ2) is 6.63. The summed E-state index contributed by atoms with van der Waals surface area (Å²) in [4.78, 5) is 24.5. The fourth-order valence-corrected chi connectivity index (χ4v) is 6.91. The molecule has 7 atom stereocenters. The van der Waals surface area contributed by atoms with E-state index in [1.165, 1.54) is 12.8 Å². The van der Waals surface area contributed by atoms with Crippen molar-refractivity contribution in [3.05, 3.63) is 12.2 Å². The minimum Gasteiger partial charge on any atom is -0.458 e. The zero-order valence-corrected chi connectivity index (χ0v) is 17.3. The largest absolute Gasteiger partial charge is 0.458 e. The molecule has 3 aliphatic carbocycles. The second-order valence-corrected chi connectivity index (χ2v) is 10.5. The van der Waals surface area contributed by atoms with Gasteiger partial charge >= 0.3 is 5.97 Å². The molecule has 0 spiro atoms. The van der Waals surface area contributed by atoms with Crippen LogP contribution in [0.5, 0.6) is 0 Å². The Morgan fingerprint density at radius 1 is 1.26 bits per heavy atom. The molecule has 4 heteroatoms. The van der Waals surface area contributed by atoms with Crippen LogP contribution in [0.25, 0.3) is 0 Å². The summed E-state index contributed by atoms with van der Waals surface area (Å²) in [6, 6.07) is 0. The number of carbonyl (C=O) groups excluding carboxylic acids is 2. The molecule has 1 heterocycles. The smallest absolute Gasteiger partial charge is 0.330 e. The molecule has 3 saturated carbocycles. The molecule has 0 aromatic rings. The zero-order valence-electron chi connectivity index (χ0n) is 17.3. The second-order valence-electron chi connectivity index (χ2n) is 10.5. The van der Waals surface area contributed by atoms with Crippen LogP contribution in [0.2, 0.25) is 0 Å². The minimum absolute atomic E-state index is 0.0316. The van der Waals surface area contributed by atoms with Crippen molar-refractivity contribution in [1.82, 2.24) is 5.32 Å². The maximum Gasteiger partial charge on any atom is 0.330 e. The van der Waals surface area contributed by atoms with Gasteiger partial charge in [-0.3, -0.25) is 4.79 Å². The van der Waals surface area contributed by atoms with Crippen LogP contribution in [0, 0.1) is 40.4 Å². The van der Waals surface area contributed by atoms with Crippen LogP contribution >= 0.6 is 0 Å². The number of nitrogens with one attached hydrogen (secondary N) is 1. The van der Waals surface area contributed by atoms with Gasteiger partial charge in [-0.05, 0) is 67.6 Å². The van der Waals surface area contributed by atoms with Crippen molar-refractivity contribution >= 4 is 11.9 Å². The van der Waals surface area contributed by atoms with Gasteiger partial charge in [0.15, 0.2) is 0 Å². The van der Waals surface area contributed by atoms with Crippen LogP contribution < -0.4 is 5.32 Å². The van der Waals surface area contributed by atoms with E-state index in [4.69, 9.17) is 4.74 Å². The Morgan fingerprint density at radius 2 is 2.04 bits per heavy atom. The van der Waals surface area contributed by atoms with Crippen molar-refractivity contribution in [3.63, 3.8) is 0 Å². The third-order valence-corrected chi connectivity index (χ3v) is 8.35. The summed E-state index contributed by atoms with van der Waals surface area (Å²) < 4.78 is 5.70. The average Bonchev–Trinajstić information content (AvgIpc) is 2.98. The van der Waals surface area contributed by atoms with Gasteiger partial charge in [0.05, 0.1) is 0 Å². The summed E-state index contributed by atoms with van der Waals surface area (Å²) in [6.07, 6.45) is 10.4. The van der Waals surface area contributed by atoms with Gasteiger partial charge in [-0.15, -0.1) is 0 Å². The Bertz CT molecular complexity index is 656. The SMILES string of the molecule is CC(C)CNC(=O)[C@H]1C[C@H]2[C@@H]3CC[C@H]4OC(=O)C=C[C@]4(C)[C@H]3CC[C@]2(C)C1. The maximum absolute atomic E-state index is 12.7. The number of ether oxygens (including phenoxy) is 1. The lowest BCUT2D eigenvalue weighted by molar-refractivity contribution is -0.166. The van der Waals surface area contributed by atoms with Crippen LogP contribution in [-0.2, 0) is 14.3 Å². The lowest BCUT2D eigenvalue weighted by atomic mass is 9.49. The van der Waals surface area contributed by atoms with E-state index in [2.05, 4.69) is 39.1 Å². The van der Waals surface area contributed by atoms with Crippen LogP contribution in [0.15, 0.2) is 12.2 Å². The minimum atomic E-state index is -0.181. The predicted octanol–water partition coefficient (Wildman–Crippen LogP) is 4.10. The Morgan fingerprint density at radius 3 is 2.78 bits per heavy atom. The van der Waals surface area contributed by atoms with Gasteiger partial charge in [-0.25, -0.2) is 4.79 Å². The molecular formula is C23H35NO3. The molecule has 27 heavy (non-hydrogen) atoms. The van der Waals surface area contributed by atoms with Crippen molar-refractivity contribution < 1.29 is 14.3 Å². The van der Waals surface area contributed by atoms with Gasteiger partial charge in [0.2, 0.25) is 5.91 Å². The number of carbonyl (C=O) groups is 2. The summed E-state index contributed by atoms with van der Waals surface area (Å²) in [7, 11) is 0. The van der Waals surface area contributed by atoms with Crippen molar-refractivity contribution in [2.75, 3.05) is 6.54 Å². The van der Waals surface area contributed by atoms with Crippen molar-refractivity contribution in [3.8, 4) is 0 Å². The lowest BCUT2D eigenvalue weighted by Gasteiger charge is -2.57. The number of fused-ring (bicyclic) bond motifs is 5. The van der Waals surface area contributed by atoms with E-state index in [9.17, 15) is 9.59 Å². The highest BCUT2D eigenvalue weighted by Crippen LogP contribution is 2.64. The number of hydrogen-bond acceptors (Lipinski definition) is 3. The van der Waals surface area contributed by atoms with Crippen molar-refractivity contribution in [1.29, 1.82) is 0 Å². The molecule has 0 unspecified atom stereocenters. The molecule has 0 radical (unpaired) electrons. The van der Waals surface area contributed by atoms with E-state index in [1.54, 1.807) is 6.08 Å². The first-order valence-corrected chi connectivity index (χ1v) is 10.9. The van der Waals surface area contributed by atoms with Crippen LogP contribution in [-0.4, -0.2) is 24.5 Å². The zero-order chi connectivity index (χ0) is 19.4. The monoisotopic (exact) mass is 373 g/mol. The lowest BCUT2D eigenvalue weighted by Crippen LogP contribution is -2.54. The Balaban J connectivity index is 1.52. The highest BCUT2D eigenvalue weighted by Gasteiger charge is 2.59. The molecule has 0 bridgehead atoms.